The van der Waals surface area contributed by atoms with Crippen LogP contribution < -0.4 is 0 Å². The summed E-state index contributed by atoms with van der Waals surface area (Å²) in [6.07, 6.45) is 0. The first-order chi connectivity index (χ1) is 7.18. The van der Waals surface area contributed by atoms with Crippen LogP contribution in [0.3, 0.4) is 0 Å². The number of hydrogen-bond donors (Lipinski definition) is 0. The molecule has 0 radical (unpaired) electrons. The van der Waals surface area contributed by atoms with Gasteiger partial charge in [-0.15, -0.1) is 11.6 Å². The zero-order valence-corrected chi connectivity index (χ0v) is 10.1. The van der Waals surface area contributed by atoms with Crippen LogP contribution in [-0.4, -0.2) is 19.1 Å². The lowest BCUT2D eigenvalue weighted by Gasteiger charge is -2.40. The SMILES string of the molecule is CC(C)c1ccc(C2(CCl)COC2)cc1. The van der Waals surface area contributed by atoms with Gasteiger partial charge < -0.3 is 4.74 Å². The minimum atomic E-state index is 0.0804. The summed E-state index contributed by atoms with van der Waals surface area (Å²) < 4.78 is 5.28. The Bertz CT molecular complexity index is 319. The van der Waals surface area contributed by atoms with Crippen LogP contribution in [-0.2, 0) is 10.2 Å². The summed E-state index contributed by atoms with van der Waals surface area (Å²) in [5, 5.41) is 0. The molecule has 1 aliphatic heterocycles. The van der Waals surface area contributed by atoms with E-state index in [2.05, 4.69) is 38.1 Å². The van der Waals surface area contributed by atoms with Crippen molar-refractivity contribution < 1.29 is 4.74 Å². The Morgan fingerprint density at radius 1 is 1.27 bits per heavy atom. The third-order valence-corrected chi connectivity index (χ3v) is 3.71. The van der Waals surface area contributed by atoms with Gasteiger partial charge in [-0.2, -0.15) is 0 Å². The average Bonchev–Trinajstić information content (AvgIpc) is 2.18. The maximum atomic E-state index is 6.02. The molecule has 2 heteroatoms. The van der Waals surface area contributed by atoms with Crippen LogP contribution in [0.25, 0.3) is 0 Å². The Kier molecular flexibility index (Phi) is 3.03. The molecule has 1 saturated heterocycles. The molecule has 1 aromatic carbocycles. The maximum Gasteiger partial charge on any atom is 0.0597 e. The summed E-state index contributed by atoms with van der Waals surface area (Å²) in [4.78, 5) is 0. The van der Waals surface area contributed by atoms with Crippen LogP contribution >= 0.6 is 11.6 Å². The molecule has 1 fully saturated rings. The van der Waals surface area contributed by atoms with Gasteiger partial charge in [0, 0.05) is 5.88 Å². The molecule has 15 heavy (non-hydrogen) atoms. The van der Waals surface area contributed by atoms with Crippen LogP contribution in [0.2, 0.25) is 0 Å². The van der Waals surface area contributed by atoms with Crippen molar-refractivity contribution in [2.75, 3.05) is 19.1 Å². The fourth-order valence-electron chi connectivity index (χ4n) is 1.89. The van der Waals surface area contributed by atoms with Gasteiger partial charge in [0.05, 0.1) is 18.6 Å². The molecule has 0 N–H and O–H groups in total. The lowest BCUT2D eigenvalue weighted by molar-refractivity contribution is -0.0479. The van der Waals surface area contributed by atoms with E-state index in [1.54, 1.807) is 0 Å². The second-order valence-corrected chi connectivity index (χ2v) is 4.95. The molecular formula is C13H17ClO. The van der Waals surface area contributed by atoms with E-state index in [9.17, 15) is 0 Å². The van der Waals surface area contributed by atoms with E-state index >= 15 is 0 Å². The standard InChI is InChI=1S/C13H17ClO/c1-10(2)11-3-5-12(6-4-11)13(7-14)8-15-9-13/h3-6,10H,7-9H2,1-2H3. The van der Waals surface area contributed by atoms with E-state index < -0.39 is 0 Å². The minimum Gasteiger partial charge on any atom is -0.379 e. The predicted molar refractivity (Wildman–Crippen MR) is 63.7 cm³/mol. The number of ether oxygens (including phenoxy) is 1. The Morgan fingerprint density at radius 3 is 2.20 bits per heavy atom. The first kappa shape index (κ1) is 11.0. The molecule has 0 saturated carbocycles. The predicted octanol–water partition coefficient (Wildman–Crippen LogP) is 3.32. The molecule has 0 bridgehead atoms. The smallest absolute Gasteiger partial charge is 0.0597 e. The van der Waals surface area contributed by atoms with Gasteiger partial charge in [0.2, 0.25) is 0 Å². The molecule has 0 aliphatic carbocycles. The Balaban J connectivity index is 2.23. The van der Waals surface area contributed by atoms with Gasteiger partial charge in [0.1, 0.15) is 0 Å². The summed E-state index contributed by atoms with van der Waals surface area (Å²) in [5.41, 5.74) is 2.77. The van der Waals surface area contributed by atoms with Crippen LogP contribution in [0, 0.1) is 0 Å². The van der Waals surface area contributed by atoms with E-state index in [-0.39, 0.29) is 5.41 Å². The molecule has 1 heterocycles. The number of hydrogen-bond acceptors (Lipinski definition) is 1. The molecule has 1 aromatic rings. The van der Waals surface area contributed by atoms with Crippen molar-refractivity contribution in [3.63, 3.8) is 0 Å². The number of rotatable bonds is 3. The average molecular weight is 225 g/mol. The van der Waals surface area contributed by atoms with Crippen LogP contribution in [0.15, 0.2) is 24.3 Å². The fourth-order valence-corrected chi connectivity index (χ4v) is 2.20. The zero-order chi connectivity index (χ0) is 10.9. The molecule has 82 valence electrons. The van der Waals surface area contributed by atoms with Crippen molar-refractivity contribution in [3.05, 3.63) is 35.4 Å². The summed E-state index contributed by atoms with van der Waals surface area (Å²) in [6.45, 7) is 5.94. The first-order valence-corrected chi connectivity index (χ1v) is 5.95. The van der Waals surface area contributed by atoms with Gasteiger partial charge in [-0.1, -0.05) is 38.1 Å². The number of halogens is 1. The van der Waals surface area contributed by atoms with Crippen molar-refractivity contribution in [3.8, 4) is 0 Å². The van der Waals surface area contributed by atoms with E-state index in [4.69, 9.17) is 16.3 Å². The van der Waals surface area contributed by atoms with Gasteiger partial charge in [-0.25, -0.2) is 0 Å². The van der Waals surface area contributed by atoms with Crippen LogP contribution in [0.5, 0.6) is 0 Å². The molecule has 0 spiro atoms. The molecule has 0 amide bonds. The monoisotopic (exact) mass is 224 g/mol. The van der Waals surface area contributed by atoms with Gasteiger partial charge in [-0.05, 0) is 17.0 Å². The van der Waals surface area contributed by atoms with Crippen LogP contribution in [0.4, 0.5) is 0 Å². The third kappa shape index (κ3) is 1.91. The highest BCUT2D eigenvalue weighted by molar-refractivity contribution is 6.18. The second-order valence-electron chi connectivity index (χ2n) is 4.68. The summed E-state index contributed by atoms with van der Waals surface area (Å²) in [5.74, 6) is 1.23. The van der Waals surface area contributed by atoms with Gasteiger partial charge in [-0.3, -0.25) is 0 Å². The molecule has 0 aromatic heterocycles. The van der Waals surface area contributed by atoms with E-state index in [0.29, 0.717) is 11.8 Å². The molecular weight excluding hydrogens is 208 g/mol. The van der Waals surface area contributed by atoms with Crippen molar-refractivity contribution in [2.45, 2.75) is 25.2 Å². The molecule has 0 atom stereocenters. The largest absolute Gasteiger partial charge is 0.379 e. The van der Waals surface area contributed by atoms with Crippen molar-refractivity contribution in [2.24, 2.45) is 0 Å². The third-order valence-electron chi connectivity index (χ3n) is 3.20. The van der Waals surface area contributed by atoms with Gasteiger partial charge in [0.25, 0.3) is 0 Å². The zero-order valence-electron chi connectivity index (χ0n) is 9.29. The highest BCUT2D eigenvalue weighted by Gasteiger charge is 2.39. The summed E-state index contributed by atoms with van der Waals surface area (Å²) in [7, 11) is 0. The second kappa shape index (κ2) is 4.15. The number of benzene rings is 1. The maximum absolute atomic E-state index is 6.02. The summed E-state index contributed by atoms with van der Waals surface area (Å²) >= 11 is 6.02. The molecule has 1 nitrogen and oxygen atoms in total. The van der Waals surface area contributed by atoms with Crippen LogP contribution in [0.1, 0.15) is 30.9 Å². The lowest BCUT2D eigenvalue weighted by Crippen LogP contribution is -2.48. The van der Waals surface area contributed by atoms with Gasteiger partial charge >= 0.3 is 0 Å². The van der Waals surface area contributed by atoms with E-state index in [0.717, 1.165) is 13.2 Å². The Hall–Kier alpha value is -0.530. The van der Waals surface area contributed by atoms with Gasteiger partial charge in [0.15, 0.2) is 0 Å². The van der Waals surface area contributed by atoms with E-state index in [1.807, 2.05) is 0 Å². The lowest BCUT2D eigenvalue weighted by atomic mass is 9.80. The normalized spacial score (nSPS) is 18.9. The molecule has 2 rings (SSSR count). The van der Waals surface area contributed by atoms with Crippen molar-refractivity contribution >= 4 is 11.6 Å². The first-order valence-electron chi connectivity index (χ1n) is 5.42. The van der Waals surface area contributed by atoms with Crippen molar-refractivity contribution in [1.82, 2.24) is 0 Å². The highest BCUT2D eigenvalue weighted by atomic mass is 35.5. The van der Waals surface area contributed by atoms with Crippen molar-refractivity contribution in [1.29, 1.82) is 0 Å². The Morgan fingerprint density at radius 2 is 1.87 bits per heavy atom. The fraction of sp³-hybridized carbons (Fsp3) is 0.538. The summed E-state index contributed by atoms with van der Waals surface area (Å²) in [6, 6.07) is 8.79. The quantitative estimate of drug-likeness (QED) is 0.716. The highest BCUT2D eigenvalue weighted by Crippen LogP contribution is 2.34. The topological polar surface area (TPSA) is 9.23 Å². The Labute approximate surface area is 96.4 Å². The van der Waals surface area contributed by atoms with E-state index in [1.165, 1.54) is 11.1 Å². The minimum absolute atomic E-state index is 0.0804. The molecule has 1 aliphatic rings. The molecule has 0 unspecified atom stereocenters. The number of alkyl halides is 1.